The number of hydrogen-bond acceptors (Lipinski definition) is 4. The van der Waals surface area contributed by atoms with E-state index in [-0.39, 0.29) is 5.91 Å². The van der Waals surface area contributed by atoms with Crippen LogP contribution in [0.1, 0.15) is 32.7 Å². The van der Waals surface area contributed by atoms with E-state index in [0.717, 1.165) is 28.2 Å². The minimum absolute atomic E-state index is 0.172. The summed E-state index contributed by atoms with van der Waals surface area (Å²) in [7, 11) is 0. The lowest BCUT2D eigenvalue weighted by atomic mass is 10.0. The Morgan fingerprint density at radius 3 is 2.50 bits per heavy atom. The molecule has 0 aliphatic heterocycles. The zero-order valence-corrected chi connectivity index (χ0v) is 15.2. The largest absolute Gasteiger partial charge is 0.378 e. The van der Waals surface area contributed by atoms with Crippen LogP contribution in [0.25, 0.3) is 0 Å². The SMILES string of the molecule is Cc1cc(C)c(NC(=O)c2cncc(NCc3ccccn3)c2)c(C)c1. The van der Waals surface area contributed by atoms with E-state index in [0.29, 0.717) is 12.1 Å². The molecule has 5 nitrogen and oxygen atoms in total. The van der Waals surface area contributed by atoms with E-state index in [1.807, 2.05) is 39.0 Å². The zero-order chi connectivity index (χ0) is 18.5. The second-order valence-electron chi connectivity index (χ2n) is 6.36. The summed E-state index contributed by atoms with van der Waals surface area (Å²) in [6.45, 7) is 6.62. The lowest BCUT2D eigenvalue weighted by Crippen LogP contribution is -2.14. The normalized spacial score (nSPS) is 10.4. The number of nitrogens with zero attached hydrogens (tertiary/aromatic N) is 2. The van der Waals surface area contributed by atoms with Crippen LogP contribution in [0.5, 0.6) is 0 Å². The Hall–Kier alpha value is -3.21. The van der Waals surface area contributed by atoms with Crippen molar-refractivity contribution in [3.8, 4) is 0 Å². The number of amides is 1. The second-order valence-corrected chi connectivity index (χ2v) is 6.36. The van der Waals surface area contributed by atoms with E-state index >= 15 is 0 Å². The molecule has 132 valence electrons. The van der Waals surface area contributed by atoms with E-state index in [1.165, 1.54) is 5.56 Å². The molecule has 26 heavy (non-hydrogen) atoms. The number of carbonyl (C=O) groups is 1. The van der Waals surface area contributed by atoms with Gasteiger partial charge in [0.1, 0.15) is 0 Å². The van der Waals surface area contributed by atoms with Gasteiger partial charge < -0.3 is 10.6 Å². The van der Waals surface area contributed by atoms with Gasteiger partial charge in [-0.15, -0.1) is 0 Å². The first-order valence-corrected chi connectivity index (χ1v) is 8.51. The molecular weight excluding hydrogens is 324 g/mol. The number of anilines is 2. The van der Waals surface area contributed by atoms with E-state index in [4.69, 9.17) is 0 Å². The predicted octanol–water partition coefficient (Wildman–Crippen LogP) is 4.27. The van der Waals surface area contributed by atoms with Crippen LogP contribution in [0, 0.1) is 20.8 Å². The standard InChI is InChI=1S/C21H22N4O/c1-14-8-15(2)20(16(3)9-14)25-21(26)17-10-19(12-22-11-17)24-13-18-6-4-5-7-23-18/h4-12,24H,13H2,1-3H3,(H,25,26). The van der Waals surface area contributed by atoms with Gasteiger partial charge in [0, 0.05) is 24.3 Å². The number of rotatable bonds is 5. The van der Waals surface area contributed by atoms with Gasteiger partial charge in [-0.3, -0.25) is 14.8 Å². The molecule has 0 bridgehead atoms. The van der Waals surface area contributed by atoms with Gasteiger partial charge in [-0.2, -0.15) is 0 Å². The van der Waals surface area contributed by atoms with Crippen LogP contribution >= 0.6 is 0 Å². The monoisotopic (exact) mass is 346 g/mol. The van der Waals surface area contributed by atoms with Crippen LogP contribution in [-0.4, -0.2) is 15.9 Å². The average Bonchev–Trinajstić information content (AvgIpc) is 2.64. The van der Waals surface area contributed by atoms with E-state index in [2.05, 4.69) is 32.7 Å². The number of hydrogen-bond donors (Lipinski definition) is 2. The first-order valence-electron chi connectivity index (χ1n) is 8.51. The molecular formula is C21H22N4O. The van der Waals surface area contributed by atoms with Gasteiger partial charge in [-0.25, -0.2) is 0 Å². The van der Waals surface area contributed by atoms with Crippen molar-refractivity contribution in [1.82, 2.24) is 9.97 Å². The molecule has 1 amide bonds. The van der Waals surface area contributed by atoms with Crippen LogP contribution in [0.15, 0.2) is 55.0 Å². The molecule has 0 saturated heterocycles. The predicted molar refractivity (Wildman–Crippen MR) is 104 cm³/mol. The molecule has 0 atom stereocenters. The fraction of sp³-hybridized carbons (Fsp3) is 0.190. The van der Waals surface area contributed by atoms with Crippen molar-refractivity contribution in [3.05, 3.63) is 82.9 Å². The molecule has 0 saturated carbocycles. The fourth-order valence-electron chi connectivity index (χ4n) is 2.92. The summed E-state index contributed by atoms with van der Waals surface area (Å²) in [5, 5.41) is 6.25. The van der Waals surface area contributed by atoms with Crippen LogP contribution in [0.3, 0.4) is 0 Å². The van der Waals surface area contributed by atoms with Gasteiger partial charge in [0.2, 0.25) is 0 Å². The Balaban J connectivity index is 1.72. The molecule has 0 aliphatic rings. The van der Waals surface area contributed by atoms with Crippen LogP contribution in [0.4, 0.5) is 11.4 Å². The van der Waals surface area contributed by atoms with Crippen LogP contribution < -0.4 is 10.6 Å². The van der Waals surface area contributed by atoms with Crippen molar-refractivity contribution in [2.24, 2.45) is 0 Å². The van der Waals surface area contributed by atoms with Crippen molar-refractivity contribution in [2.75, 3.05) is 10.6 Å². The summed E-state index contributed by atoms with van der Waals surface area (Å²) in [6, 6.07) is 11.7. The average molecular weight is 346 g/mol. The molecule has 3 rings (SSSR count). The smallest absolute Gasteiger partial charge is 0.257 e. The van der Waals surface area contributed by atoms with Crippen LogP contribution in [0.2, 0.25) is 0 Å². The fourth-order valence-corrected chi connectivity index (χ4v) is 2.92. The topological polar surface area (TPSA) is 66.9 Å². The maximum atomic E-state index is 12.6. The summed E-state index contributed by atoms with van der Waals surface area (Å²) in [4.78, 5) is 21.1. The quantitative estimate of drug-likeness (QED) is 0.724. The maximum Gasteiger partial charge on any atom is 0.257 e. The summed E-state index contributed by atoms with van der Waals surface area (Å²) < 4.78 is 0. The Morgan fingerprint density at radius 1 is 1.04 bits per heavy atom. The number of benzene rings is 1. The molecule has 0 aliphatic carbocycles. The highest BCUT2D eigenvalue weighted by Crippen LogP contribution is 2.23. The highest BCUT2D eigenvalue weighted by molar-refractivity contribution is 6.05. The third kappa shape index (κ3) is 4.25. The molecule has 0 radical (unpaired) electrons. The van der Waals surface area contributed by atoms with E-state index in [1.54, 1.807) is 24.7 Å². The molecule has 1 aromatic carbocycles. The Morgan fingerprint density at radius 2 is 1.81 bits per heavy atom. The number of aromatic nitrogens is 2. The minimum atomic E-state index is -0.172. The lowest BCUT2D eigenvalue weighted by Gasteiger charge is -2.13. The summed E-state index contributed by atoms with van der Waals surface area (Å²) in [5.41, 5.74) is 6.35. The van der Waals surface area contributed by atoms with Gasteiger partial charge in [0.15, 0.2) is 0 Å². The molecule has 5 heteroatoms. The molecule has 2 N–H and O–H groups in total. The minimum Gasteiger partial charge on any atom is -0.378 e. The number of aryl methyl sites for hydroxylation is 3. The molecule has 3 aromatic rings. The molecule has 2 aromatic heterocycles. The molecule has 0 spiro atoms. The molecule has 0 unspecified atom stereocenters. The van der Waals surface area contributed by atoms with Gasteiger partial charge in [0.05, 0.1) is 23.5 Å². The second kappa shape index (κ2) is 7.78. The van der Waals surface area contributed by atoms with Crippen LogP contribution in [-0.2, 0) is 6.54 Å². The Kier molecular flexibility index (Phi) is 5.27. The summed E-state index contributed by atoms with van der Waals surface area (Å²) >= 11 is 0. The summed E-state index contributed by atoms with van der Waals surface area (Å²) in [6.07, 6.45) is 5.02. The van der Waals surface area contributed by atoms with Crippen molar-refractivity contribution >= 4 is 17.3 Å². The van der Waals surface area contributed by atoms with Gasteiger partial charge >= 0.3 is 0 Å². The zero-order valence-electron chi connectivity index (χ0n) is 15.2. The van der Waals surface area contributed by atoms with Crippen molar-refractivity contribution in [2.45, 2.75) is 27.3 Å². The third-order valence-corrected chi connectivity index (χ3v) is 4.12. The molecule has 2 heterocycles. The third-order valence-electron chi connectivity index (χ3n) is 4.12. The number of pyridine rings is 2. The van der Waals surface area contributed by atoms with Gasteiger partial charge in [0.25, 0.3) is 5.91 Å². The Bertz CT molecular complexity index is 899. The first-order chi connectivity index (χ1) is 12.5. The Labute approximate surface area is 153 Å². The highest BCUT2D eigenvalue weighted by atomic mass is 16.1. The van der Waals surface area contributed by atoms with E-state index in [9.17, 15) is 4.79 Å². The van der Waals surface area contributed by atoms with Crippen molar-refractivity contribution in [1.29, 1.82) is 0 Å². The van der Waals surface area contributed by atoms with Crippen molar-refractivity contribution in [3.63, 3.8) is 0 Å². The number of nitrogens with one attached hydrogen (secondary N) is 2. The molecule has 0 fully saturated rings. The van der Waals surface area contributed by atoms with Crippen molar-refractivity contribution < 1.29 is 4.79 Å². The maximum absolute atomic E-state index is 12.6. The number of carbonyl (C=O) groups excluding carboxylic acids is 1. The first kappa shape index (κ1) is 17.6. The van der Waals surface area contributed by atoms with Gasteiger partial charge in [-0.05, 0) is 50.1 Å². The summed E-state index contributed by atoms with van der Waals surface area (Å²) in [5.74, 6) is -0.172. The highest BCUT2D eigenvalue weighted by Gasteiger charge is 2.11. The van der Waals surface area contributed by atoms with Gasteiger partial charge in [-0.1, -0.05) is 23.8 Å². The lowest BCUT2D eigenvalue weighted by molar-refractivity contribution is 0.102. The van der Waals surface area contributed by atoms with E-state index < -0.39 is 0 Å².